The van der Waals surface area contributed by atoms with Gasteiger partial charge in [0.05, 0.1) is 12.5 Å². The second kappa shape index (κ2) is 10.9. The van der Waals surface area contributed by atoms with Crippen LogP contribution in [0.5, 0.6) is 0 Å². The first-order chi connectivity index (χ1) is 16.5. The third-order valence-corrected chi connectivity index (χ3v) is 6.30. The van der Waals surface area contributed by atoms with Crippen LogP contribution in [0.1, 0.15) is 24.9 Å². The lowest BCUT2D eigenvalue weighted by Crippen LogP contribution is -2.51. The Bertz CT molecular complexity index is 983. The average Bonchev–Trinajstić information content (AvgIpc) is 3.36. The van der Waals surface area contributed by atoms with E-state index >= 15 is 0 Å². The molecule has 2 unspecified atom stereocenters. The number of rotatable bonds is 7. The van der Waals surface area contributed by atoms with Crippen LogP contribution < -0.4 is 15.5 Å². The molecule has 2 N–H and O–H groups in total. The lowest BCUT2D eigenvalue weighted by molar-refractivity contribution is -0.126. The molecule has 0 saturated carbocycles. The summed E-state index contributed by atoms with van der Waals surface area (Å²) in [6, 6.07) is 11.3. The Kier molecular flexibility index (Phi) is 7.74. The van der Waals surface area contributed by atoms with Gasteiger partial charge in [-0.3, -0.25) is 14.5 Å². The normalized spacial score (nSPS) is 19.6. The molecule has 0 radical (unpaired) electrons. The van der Waals surface area contributed by atoms with Crippen LogP contribution in [0.25, 0.3) is 0 Å². The largest absolute Gasteiger partial charge is 0.381 e. The van der Waals surface area contributed by atoms with Crippen molar-refractivity contribution < 1.29 is 23.1 Å². The predicted molar refractivity (Wildman–Crippen MR) is 126 cm³/mol. The first-order valence-corrected chi connectivity index (χ1v) is 11.7. The third kappa shape index (κ3) is 5.37. The molecule has 7 nitrogen and oxygen atoms in total. The van der Waals surface area contributed by atoms with Crippen LogP contribution in [0.15, 0.2) is 42.5 Å². The van der Waals surface area contributed by atoms with Gasteiger partial charge in [-0.05, 0) is 31.0 Å². The number of benzene rings is 2. The SMILES string of the molecule is CCNC(=O)C(c1ccccc1)N1CCN(c2c(F)cc(NC(=O)C3CCOC3)cc2F)CC1. The van der Waals surface area contributed by atoms with Gasteiger partial charge in [0, 0.05) is 45.0 Å². The molecule has 9 heteroatoms. The van der Waals surface area contributed by atoms with Gasteiger partial charge in [0.1, 0.15) is 11.7 Å². The summed E-state index contributed by atoms with van der Waals surface area (Å²) in [6.07, 6.45) is 0.597. The monoisotopic (exact) mass is 472 g/mol. The number of hydrogen-bond acceptors (Lipinski definition) is 5. The second-order valence-corrected chi connectivity index (χ2v) is 8.57. The number of nitrogens with zero attached hydrogens (tertiary/aromatic N) is 2. The highest BCUT2D eigenvalue weighted by Gasteiger charge is 2.32. The Balaban J connectivity index is 1.44. The van der Waals surface area contributed by atoms with Crippen molar-refractivity contribution in [2.45, 2.75) is 19.4 Å². The molecule has 2 aliphatic heterocycles. The fourth-order valence-corrected chi connectivity index (χ4v) is 4.56. The second-order valence-electron chi connectivity index (χ2n) is 8.57. The molecule has 4 rings (SSSR count). The van der Waals surface area contributed by atoms with Crippen LogP contribution in [0.3, 0.4) is 0 Å². The summed E-state index contributed by atoms with van der Waals surface area (Å²) >= 11 is 0. The molecule has 34 heavy (non-hydrogen) atoms. The average molecular weight is 473 g/mol. The zero-order valence-electron chi connectivity index (χ0n) is 19.2. The van der Waals surface area contributed by atoms with Crippen LogP contribution >= 0.6 is 0 Å². The molecule has 2 saturated heterocycles. The standard InChI is InChI=1S/C25H30F2N4O3/c1-2-28-25(33)22(17-6-4-3-5-7-17)30-9-11-31(12-10-30)23-20(26)14-19(15-21(23)27)29-24(32)18-8-13-34-16-18/h3-7,14-15,18,22H,2,8-13,16H2,1H3,(H,28,33)(H,29,32). The topological polar surface area (TPSA) is 73.9 Å². The van der Waals surface area contributed by atoms with Gasteiger partial charge in [0.25, 0.3) is 0 Å². The summed E-state index contributed by atoms with van der Waals surface area (Å²) in [4.78, 5) is 28.7. The minimum Gasteiger partial charge on any atom is -0.381 e. The summed E-state index contributed by atoms with van der Waals surface area (Å²) < 4.78 is 35.1. The van der Waals surface area contributed by atoms with Crippen LogP contribution in [-0.2, 0) is 14.3 Å². The Morgan fingerprint density at radius 1 is 1.09 bits per heavy atom. The molecular weight excluding hydrogens is 442 g/mol. The highest BCUT2D eigenvalue weighted by Crippen LogP contribution is 2.30. The summed E-state index contributed by atoms with van der Waals surface area (Å²) in [5.41, 5.74) is 0.859. The number of piperazine rings is 1. The van der Waals surface area contributed by atoms with Crippen LogP contribution in [0, 0.1) is 17.6 Å². The predicted octanol–water partition coefficient (Wildman–Crippen LogP) is 2.94. The number of carbonyl (C=O) groups excluding carboxylic acids is 2. The van der Waals surface area contributed by atoms with Crippen molar-refractivity contribution in [3.05, 3.63) is 59.7 Å². The number of nitrogens with one attached hydrogen (secondary N) is 2. The van der Waals surface area contributed by atoms with Crippen LogP contribution in [-0.4, -0.2) is 62.7 Å². The summed E-state index contributed by atoms with van der Waals surface area (Å²) in [5, 5.41) is 5.48. The molecule has 182 valence electrons. The zero-order chi connectivity index (χ0) is 24.1. The fourth-order valence-electron chi connectivity index (χ4n) is 4.56. The van der Waals surface area contributed by atoms with Gasteiger partial charge < -0.3 is 20.3 Å². The molecule has 2 heterocycles. The first kappa shape index (κ1) is 24.1. The fraction of sp³-hybridized carbons (Fsp3) is 0.440. The molecule has 0 bridgehead atoms. The molecule has 0 aliphatic carbocycles. The summed E-state index contributed by atoms with van der Waals surface area (Å²) in [7, 11) is 0. The maximum Gasteiger partial charge on any atom is 0.241 e. The first-order valence-electron chi connectivity index (χ1n) is 11.7. The summed E-state index contributed by atoms with van der Waals surface area (Å²) in [5.74, 6) is -2.15. The minimum atomic E-state index is -0.727. The van der Waals surface area contributed by atoms with E-state index in [1.54, 1.807) is 4.90 Å². The van der Waals surface area contributed by atoms with Crippen molar-refractivity contribution >= 4 is 23.2 Å². The third-order valence-electron chi connectivity index (χ3n) is 6.30. The van der Waals surface area contributed by atoms with Crippen molar-refractivity contribution in [1.82, 2.24) is 10.2 Å². The lowest BCUT2D eigenvalue weighted by atomic mass is 10.0. The Morgan fingerprint density at radius 2 is 1.76 bits per heavy atom. The Morgan fingerprint density at radius 3 is 2.35 bits per heavy atom. The van der Waals surface area contributed by atoms with E-state index in [0.29, 0.717) is 52.4 Å². The maximum atomic E-state index is 14.9. The highest BCUT2D eigenvalue weighted by atomic mass is 19.1. The van der Waals surface area contributed by atoms with Crippen molar-refractivity contribution in [1.29, 1.82) is 0 Å². The quantitative estimate of drug-likeness (QED) is 0.648. The Hall–Kier alpha value is -3.04. The van der Waals surface area contributed by atoms with E-state index in [1.807, 2.05) is 42.2 Å². The minimum absolute atomic E-state index is 0.0905. The van der Waals surface area contributed by atoms with Gasteiger partial charge in [-0.1, -0.05) is 30.3 Å². The van der Waals surface area contributed by atoms with Crippen molar-refractivity contribution in [2.24, 2.45) is 5.92 Å². The van der Waals surface area contributed by atoms with Crippen molar-refractivity contribution in [3.63, 3.8) is 0 Å². The van der Waals surface area contributed by atoms with E-state index in [1.165, 1.54) is 0 Å². The smallest absolute Gasteiger partial charge is 0.241 e. The van der Waals surface area contributed by atoms with Crippen LogP contribution in [0.2, 0.25) is 0 Å². The molecule has 0 aromatic heterocycles. The number of anilines is 2. The molecule has 2 fully saturated rings. The van der Waals surface area contributed by atoms with E-state index in [-0.39, 0.29) is 29.1 Å². The molecule has 2 aliphatic rings. The van der Waals surface area contributed by atoms with E-state index in [2.05, 4.69) is 10.6 Å². The van der Waals surface area contributed by atoms with Gasteiger partial charge in [-0.25, -0.2) is 8.78 Å². The summed E-state index contributed by atoms with van der Waals surface area (Å²) in [6.45, 7) is 4.89. The van der Waals surface area contributed by atoms with Crippen molar-refractivity contribution in [3.8, 4) is 0 Å². The van der Waals surface area contributed by atoms with Gasteiger partial charge in [0.2, 0.25) is 11.8 Å². The highest BCUT2D eigenvalue weighted by molar-refractivity contribution is 5.93. The molecule has 2 aromatic carbocycles. The molecule has 0 spiro atoms. The van der Waals surface area contributed by atoms with E-state index in [0.717, 1.165) is 17.7 Å². The number of carbonyl (C=O) groups is 2. The number of ether oxygens (including phenoxy) is 1. The Labute approximate surface area is 198 Å². The van der Waals surface area contributed by atoms with E-state index in [4.69, 9.17) is 4.74 Å². The van der Waals surface area contributed by atoms with Crippen molar-refractivity contribution in [2.75, 3.05) is 56.2 Å². The zero-order valence-corrected chi connectivity index (χ0v) is 19.2. The number of amides is 2. The van der Waals surface area contributed by atoms with Gasteiger partial charge in [-0.2, -0.15) is 0 Å². The van der Waals surface area contributed by atoms with Gasteiger partial charge in [-0.15, -0.1) is 0 Å². The van der Waals surface area contributed by atoms with E-state index < -0.39 is 17.7 Å². The molecule has 2 atom stereocenters. The maximum absolute atomic E-state index is 14.9. The molecule has 2 aromatic rings. The number of hydrogen-bond donors (Lipinski definition) is 2. The molecular formula is C25H30F2N4O3. The van der Waals surface area contributed by atoms with Gasteiger partial charge in [0.15, 0.2) is 11.6 Å². The van der Waals surface area contributed by atoms with E-state index in [9.17, 15) is 18.4 Å². The number of likely N-dealkylation sites (N-methyl/N-ethyl adjacent to an activating group) is 1. The lowest BCUT2D eigenvalue weighted by Gasteiger charge is -2.40. The van der Waals surface area contributed by atoms with Gasteiger partial charge >= 0.3 is 0 Å². The van der Waals surface area contributed by atoms with Crippen LogP contribution in [0.4, 0.5) is 20.2 Å². The number of halogens is 2. The molecule has 2 amide bonds.